The zero-order valence-corrected chi connectivity index (χ0v) is 16.4. The Morgan fingerprint density at radius 1 is 1.00 bits per heavy atom. The number of non-ortho nitro benzene ring substituents is 1. The number of sulfonamides is 1. The van der Waals surface area contributed by atoms with Gasteiger partial charge >= 0.3 is 0 Å². The lowest BCUT2D eigenvalue weighted by Gasteiger charge is -2.26. The topological polar surface area (TPSA) is 92.6 Å². The van der Waals surface area contributed by atoms with Crippen LogP contribution in [0.25, 0.3) is 10.8 Å². The third kappa shape index (κ3) is 4.19. The van der Waals surface area contributed by atoms with Crippen molar-refractivity contribution >= 4 is 26.5 Å². The lowest BCUT2D eigenvalue weighted by molar-refractivity contribution is -0.384. The molecule has 0 aliphatic carbocycles. The average molecular weight is 399 g/mol. The van der Waals surface area contributed by atoms with Crippen LogP contribution in [0.5, 0.6) is 0 Å². The second-order valence-corrected chi connectivity index (χ2v) is 8.42. The highest BCUT2D eigenvalue weighted by Gasteiger charge is 2.21. The summed E-state index contributed by atoms with van der Waals surface area (Å²) in [4.78, 5) is 12.1. The van der Waals surface area contributed by atoms with Crippen LogP contribution >= 0.6 is 0 Å². The first-order valence-corrected chi connectivity index (χ1v) is 10.2. The molecule has 0 aliphatic rings. The quantitative estimate of drug-likeness (QED) is 0.486. The maximum absolute atomic E-state index is 12.6. The molecule has 1 N–H and O–H groups in total. The Labute approximate surface area is 163 Å². The molecule has 3 aromatic carbocycles. The van der Waals surface area contributed by atoms with Gasteiger partial charge < -0.3 is 4.90 Å². The van der Waals surface area contributed by atoms with E-state index in [0.29, 0.717) is 0 Å². The number of hydrogen-bond acceptors (Lipinski definition) is 5. The molecule has 0 amide bonds. The molecule has 0 saturated heterocycles. The molecule has 0 aliphatic heterocycles. The van der Waals surface area contributed by atoms with Crippen molar-refractivity contribution in [3.05, 3.63) is 82.4 Å². The lowest BCUT2D eigenvalue weighted by Crippen LogP contribution is -2.34. The van der Waals surface area contributed by atoms with Crippen molar-refractivity contribution in [1.82, 2.24) is 9.62 Å². The normalized spacial score (nSPS) is 13.0. The summed E-state index contributed by atoms with van der Waals surface area (Å²) in [5.41, 5.74) is 0.871. The number of fused-ring (bicyclic) bond motifs is 1. The Morgan fingerprint density at radius 2 is 1.64 bits per heavy atom. The van der Waals surface area contributed by atoms with Gasteiger partial charge in [-0.15, -0.1) is 0 Å². The molecular weight excluding hydrogens is 378 g/mol. The molecule has 0 radical (unpaired) electrons. The number of rotatable bonds is 7. The minimum atomic E-state index is -3.79. The first kappa shape index (κ1) is 19.9. The SMILES string of the molecule is CN(C)[C@@H](CNS(=O)(=O)c1ccc([N+](=O)[O-])cc1)c1cccc2ccccc12. The summed E-state index contributed by atoms with van der Waals surface area (Å²) in [5.74, 6) is 0. The lowest BCUT2D eigenvalue weighted by atomic mass is 9.98. The van der Waals surface area contributed by atoms with Crippen molar-refractivity contribution in [1.29, 1.82) is 0 Å². The van der Waals surface area contributed by atoms with E-state index < -0.39 is 14.9 Å². The van der Waals surface area contributed by atoms with Crippen LogP contribution in [0.15, 0.2) is 71.6 Å². The van der Waals surface area contributed by atoms with E-state index in [2.05, 4.69) is 4.72 Å². The van der Waals surface area contributed by atoms with E-state index in [1.54, 1.807) is 0 Å². The third-order valence-electron chi connectivity index (χ3n) is 4.63. The van der Waals surface area contributed by atoms with Crippen molar-refractivity contribution in [2.45, 2.75) is 10.9 Å². The predicted molar refractivity (Wildman–Crippen MR) is 109 cm³/mol. The summed E-state index contributed by atoms with van der Waals surface area (Å²) in [6.45, 7) is 0.167. The van der Waals surface area contributed by atoms with Gasteiger partial charge in [0.25, 0.3) is 5.69 Å². The maximum atomic E-state index is 12.6. The molecule has 3 aromatic rings. The molecule has 0 bridgehead atoms. The number of nitrogens with one attached hydrogen (secondary N) is 1. The van der Waals surface area contributed by atoms with Gasteiger partial charge in [-0.05, 0) is 42.6 Å². The molecule has 0 aromatic heterocycles. The minimum absolute atomic E-state index is 0.00599. The summed E-state index contributed by atoms with van der Waals surface area (Å²) < 4.78 is 27.9. The summed E-state index contributed by atoms with van der Waals surface area (Å²) >= 11 is 0. The van der Waals surface area contributed by atoms with E-state index in [4.69, 9.17) is 0 Å². The molecule has 7 nitrogen and oxygen atoms in total. The van der Waals surface area contributed by atoms with E-state index in [0.717, 1.165) is 16.3 Å². The van der Waals surface area contributed by atoms with Crippen LogP contribution in [0.1, 0.15) is 11.6 Å². The molecule has 0 fully saturated rings. The first-order chi connectivity index (χ1) is 13.3. The monoisotopic (exact) mass is 399 g/mol. The van der Waals surface area contributed by atoms with Crippen LogP contribution in [-0.2, 0) is 10.0 Å². The van der Waals surface area contributed by atoms with Gasteiger partial charge in [0.05, 0.1) is 9.82 Å². The van der Waals surface area contributed by atoms with Crippen LogP contribution in [0.3, 0.4) is 0 Å². The van der Waals surface area contributed by atoms with Crippen molar-refractivity contribution in [2.75, 3.05) is 20.6 Å². The van der Waals surface area contributed by atoms with Crippen molar-refractivity contribution in [2.24, 2.45) is 0 Å². The van der Waals surface area contributed by atoms with Crippen LogP contribution in [0.2, 0.25) is 0 Å². The fourth-order valence-corrected chi connectivity index (χ4v) is 4.17. The van der Waals surface area contributed by atoms with E-state index in [-0.39, 0.29) is 23.2 Å². The summed E-state index contributed by atoms with van der Waals surface area (Å²) in [6.07, 6.45) is 0. The van der Waals surface area contributed by atoms with Gasteiger partial charge in [-0.3, -0.25) is 10.1 Å². The van der Waals surface area contributed by atoms with Crippen molar-refractivity contribution in [3.63, 3.8) is 0 Å². The summed E-state index contributed by atoms with van der Waals surface area (Å²) in [6, 6.07) is 18.6. The number of likely N-dealkylation sites (N-methyl/N-ethyl adjacent to an activating group) is 1. The van der Waals surface area contributed by atoms with E-state index in [9.17, 15) is 18.5 Å². The third-order valence-corrected chi connectivity index (χ3v) is 6.07. The second-order valence-electron chi connectivity index (χ2n) is 6.65. The van der Waals surface area contributed by atoms with Gasteiger partial charge in [0, 0.05) is 24.7 Å². The molecule has 0 saturated carbocycles. The van der Waals surface area contributed by atoms with Gasteiger partial charge in [0.15, 0.2) is 0 Å². The molecule has 0 heterocycles. The molecular formula is C20H21N3O4S. The molecule has 146 valence electrons. The largest absolute Gasteiger partial charge is 0.301 e. The fraction of sp³-hybridized carbons (Fsp3) is 0.200. The number of nitrogens with zero attached hydrogens (tertiary/aromatic N) is 2. The second kappa shape index (κ2) is 8.05. The van der Waals surface area contributed by atoms with E-state index in [1.165, 1.54) is 24.3 Å². The zero-order valence-electron chi connectivity index (χ0n) is 15.6. The molecule has 8 heteroatoms. The summed E-state index contributed by atoms with van der Waals surface area (Å²) in [5, 5.41) is 12.9. The Hall–Kier alpha value is -2.81. The first-order valence-electron chi connectivity index (χ1n) is 8.68. The Balaban J connectivity index is 1.86. The summed E-state index contributed by atoms with van der Waals surface area (Å²) in [7, 11) is -0.000958. The molecule has 0 unspecified atom stereocenters. The van der Waals surface area contributed by atoms with Crippen molar-refractivity contribution < 1.29 is 13.3 Å². The fourth-order valence-electron chi connectivity index (χ4n) is 3.13. The predicted octanol–water partition coefficient (Wildman–Crippen LogP) is 3.33. The average Bonchev–Trinajstić information content (AvgIpc) is 2.68. The zero-order chi connectivity index (χ0) is 20.3. The highest BCUT2D eigenvalue weighted by molar-refractivity contribution is 7.89. The van der Waals surface area contributed by atoms with Crippen LogP contribution in [-0.4, -0.2) is 38.9 Å². The molecule has 3 rings (SSSR count). The van der Waals surface area contributed by atoms with Gasteiger partial charge in [-0.1, -0.05) is 42.5 Å². The van der Waals surface area contributed by atoms with Gasteiger partial charge in [-0.25, -0.2) is 13.1 Å². The number of nitro benzene ring substituents is 1. The van der Waals surface area contributed by atoms with Crippen LogP contribution < -0.4 is 4.72 Å². The smallest absolute Gasteiger partial charge is 0.269 e. The number of benzene rings is 3. The molecule has 28 heavy (non-hydrogen) atoms. The number of nitro groups is 1. The Kier molecular flexibility index (Phi) is 5.73. The minimum Gasteiger partial charge on any atom is -0.301 e. The van der Waals surface area contributed by atoms with Crippen molar-refractivity contribution in [3.8, 4) is 0 Å². The standard InChI is InChI=1S/C20H21N3O4S/c1-22(2)20(19-9-5-7-15-6-3-4-8-18(15)19)14-21-28(26,27)17-12-10-16(11-13-17)23(24)25/h3-13,20-21H,14H2,1-2H3/t20-/m0/s1. The maximum Gasteiger partial charge on any atom is 0.269 e. The van der Waals surface area contributed by atoms with E-state index in [1.807, 2.05) is 61.5 Å². The Morgan fingerprint density at radius 3 is 2.29 bits per heavy atom. The molecule has 1 atom stereocenters. The Bertz CT molecular complexity index is 1090. The molecule has 0 spiro atoms. The highest BCUT2D eigenvalue weighted by atomic mass is 32.2. The van der Waals surface area contributed by atoms with Crippen LogP contribution in [0, 0.1) is 10.1 Å². The van der Waals surface area contributed by atoms with Crippen LogP contribution in [0.4, 0.5) is 5.69 Å². The number of hydrogen-bond donors (Lipinski definition) is 1. The van der Waals surface area contributed by atoms with Gasteiger partial charge in [-0.2, -0.15) is 0 Å². The van der Waals surface area contributed by atoms with E-state index >= 15 is 0 Å². The van der Waals surface area contributed by atoms with Gasteiger partial charge in [0.1, 0.15) is 0 Å². The highest BCUT2D eigenvalue weighted by Crippen LogP contribution is 2.27. The van der Waals surface area contributed by atoms with Gasteiger partial charge in [0.2, 0.25) is 10.0 Å².